The van der Waals surface area contributed by atoms with Crippen LogP contribution in [0.5, 0.6) is 0 Å². The Balaban J connectivity index is 0.00000120. The normalized spacial score (nSPS) is 35.3. The second-order valence-corrected chi connectivity index (χ2v) is 5.77. The van der Waals surface area contributed by atoms with Crippen molar-refractivity contribution in [1.82, 2.24) is 5.32 Å². The van der Waals surface area contributed by atoms with Gasteiger partial charge in [0, 0.05) is 16.6 Å². The summed E-state index contributed by atoms with van der Waals surface area (Å²) >= 11 is 0. The van der Waals surface area contributed by atoms with E-state index in [0.29, 0.717) is 5.56 Å². The summed E-state index contributed by atoms with van der Waals surface area (Å²) in [5, 5.41) is 14.0. The van der Waals surface area contributed by atoms with Crippen LogP contribution >= 0.6 is 12.4 Å². The van der Waals surface area contributed by atoms with E-state index in [9.17, 15) is 9.50 Å². The molecule has 0 aliphatic carbocycles. The molecule has 2 fully saturated rings. The molecule has 0 saturated carbocycles. The first-order valence-electron chi connectivity index (χ1n) is 6.27. The van der Waals surface area contributed by atoms with Gasteiger partial charge >= 0.3 is 0 Å². The van der Waals surface area contributed by atoms with Crippen molar-refractivity contribution in [2.24, 2.45) is 0 Å². The molecule has 2 nitrogen and oxygen atoms in total. The van der Waals surface area contributed by atoms with Crippen molar-refractivity contribution in [2.45, 2.75) is 49.8 Å². The minimum atomic E-state index is -0.743. The minimum absolute atomic E-state index is 0. The highest BCUT2D eigenvalue weighted by Crippen LogP contribution is 2.50. The molecule has 3 rings (SSSR count). The summed E-state index contributed by atoms with van der Waals surface area (Å²) in [7, 11) is 0. The van der Waals surface area contributed by atoms with E-state index >= 15 is 0 Å². The first-order chi connectivity index (χ1) is 8.05. The van der Waals surface area contributed by atoms with Gasteiger partial charge in [0.1, 0.15) is 5.82 Å². The summed E-state index contributed by atoms with van der Waals surface area (Å²) in [6.07, 6.45) is 3.25. The molecule has 0 unspecified atom stereocenters. The van der Waals surface area contributed by atoms with Gasteiger partial charge in [-0.05, 0) is 38.7 Å². The summed E-state index contributed by atoms with van der Waals surface area (Å²) in [6, 6.07) is 6.54. The van der Waals surface area contributed by atoms with Crippen molar-refractivity contribution in [3.63, 3.8) is 0 Å². The van der Waals surface area contributed by atoms with Crippen LogP contribution in [-0.2, 0) is 0 Å². The van der Waals surface area contributed by atoms with Crippen LogP contribution in [0.3, 0.4) is 0 Å². The van der Waals surface area contributed by atoms with E-state index in [4.69, 9.17) is 0 Å². The first kappa shape index (κ1) is 13.8. The third kappa shape index (κ3) is 1.94. The quantitative estimate of drug-likeness (QED) is 0.867. The molecular formula is C14H19ClFNO. The molecule has 1 atom stereocenters. The van der Waals surface area contributed by atoms with Gasteiger partial charge in [0.25, 0.3) is 0 Å². The highest BCUT2D eigenvalue weighted by atomic mass is 35.5. The molecule has 18 heavy (non-hydrogen) atoms. The Morgan fingerprint density at radius 1 is 1.22 bits per heavy atom. The van der Waals surface area contributed by atoms with Crippen LogP contribution in [-0.4, -0.2) is 16.2 Å². The van der Waals surface area contributed by atoms with E-state index in [2.05, 4.69) is 12.2 Å². The van der Waals surface area contributed by atoms with Crippen molar-refractivity contribution >= 4 is 12.4 Å². The lowest BCUT2D eigenvalue weighted by Gasteiger charge is -2.32. The molecule has 0 amide bonds. The number of hydrogen-bond acceptors (Lipinski definition) is 2. The molecule has 1 aromatic rings. The van der Waals surface area contributed by atoms with Crippen molar-refractivity contribution in [3.05, 3.63) is 35.6 Å². The van der Waals surface area contributed by atoms with Crippen LogP contribution in [0.25, 0.3) is 0 Å². The lowest BCUT2D eigenvalue weighted by molar-refractivity contribution is 0.0706. The van der Waals surface area contributed by atoms with Gasteiger partial charge in [-0.2, -0.15) is 0 Å². The molecule has 0 spiro atoms. The average Bonchev–Trinajstić information content (AvgIpc) is 2.83. The van der Waals surface area contributed by atoms with Crippen molar-refractivity contribution < 1.29 is 9.50 Å². The number of rotatable bonds is 2. The molecule has 100 valence electrons. The van der Waals surface area contributed by atoms with Gasteiger partial charge in [-0.3, -0.25) is 0 Å². The van der Waals surface area contributed by atoms with Gasteiger partial charge in [-0.25, -0.2) is 4.39 Å². The van der Waals surface area contributed by atoms with Gasteiger partial charge in [-0.1, -0.05) is 18.2 Å². The highest BCUT2D eigenvalue weighted by Gasteiger charge is 2.55. The fourth-order valence-corrected chi connectivity index (χ4v) is 3.44. The van der Waals surface area contributed by atoms with E-state index in [1.165, 1.54) is 6.07 Å². The predicted molar refractivity (Wildman–Crippen MR) is 71.3 cm³/mol. The fraction of sp³-hybridized carbons (Fsp3) is 0.571. The molecule has 2 N–H and O–H groups in total. The summed E-state index contributed by atoms with van der Waals surface area (Å²) < 4.78 is 13.7. The lowest BCUT2D eigenvalue weighted by atomic mass is 9.78. The molecule has 0 aromatic heterocycles. The van der Waals surface area contributed by atoms with E-state index in [1.54, 1.807) is 18.2 Å². The zero-order valence-corrected chi connectivity index (χ0v) is 11.3. The fourth-order valence-electron chi connectivity index (χ4n) is 3.44. The third-order valence-electron chi connectivity index (χ3n) is 4.52. The van der Waals surface area contributed by atoms with Crippen molar-refractivity contribution in [2.75, 3.05) is 0 Å². The van der Waals surface area contributed by atoms with Gasteiger partial charge in [0.15, 0.2) is 0 Å². The standard InChI is InChI=1S/C14H18FNO.ClH/c1-13-6-8-14(16-13,9-7-13)12(17)10-4-2-3-5-11(10)15;/h2-5,12,16-17H,6-9H2,1H3;1H/t12-,13?,14?;/m1./s1. The number of halogens is 2. The SMILES string of the molecule is CC12CCC([C@H](O)c3ccccc3F)(CC1)N2.Cl. The zero-order valence-electron chi connectivity index (χ0n) is 10.4. The van der Waals surface area contributed by atoms with Gasteiger partial charge in [-0.15, -0.1) is 12.4 Å². The Bertz CT molecular complexity index is 443. The van der Waals surface area contributed by atoms with Crippen molar-refractivity contribution in [1.29, 1.82) is 0 Å². The van der Waals surface area contributed by atoms with Gasteiger partial charge in [0.2, 0.25) is 0 Å². The predicted octanol–water partition coefficient (Wildman–Crippen LogP) is 2.96. The van der Waals surface area contributed by atoms with Gasteiger partial charge < -0.3 is 10.4 Å². The summed E-state index contributed by atoms with van der Waals surface area (Å²) in [6.45, 7) is 2.19. The Kier molecular flexibility index (Phi) is 3.43. The topological polar surface area (TPSA) is 32.3 Å². The molecule has 4 heteroatoms. The largest absolute Gasteiger partial charge is 0.386 e. The Labute approximate surface area is 113 Å². The molecule has 1 aromatic carbocycles. The van der Waals surface area contributed by atoms with E-state index in [-0.39, 0.29) is 29.3 Å². The molecule has 2 saturated heterocycles. The van der Waals surface area contributed by atoms with Crippen molar-refractivity contribution in [3.8, 4) is 0 Å². The maximum atomic E-state index is 13.7. The van der Waals surface area contributed by atoms with Crippen LogP contribution in [0, 0.1) is 5.82 Å². The van der Waals surface area contributed by atoms with Gasteiger partial charge in [0.05, 0.1) is 6.10 Å². The average molecular weight is 272 g/mol. The smallest absolute Gasteiger partial charge is 0.129 e. The van der Waals surface area contributed by atoms with Crippen LogP contribution in [0.4, 0.5) is 4.39 Å². The molecule has 0 radical (unpaired) electrons. The Hall–Kier alpha value is -0.640. The number of nitrogens with one attached hydrogen (secondary N) is 1. The number of hydrogen-bond donors (Lipinski definition) is 2. The maximum absolute atomic E-state index is 13.7. The number of fused-ring (bicyclic) bond motifs is 2. The Morgan fingerprint density at radius 2 is 1.83 bits per heavy atom. The minimum Gasteiger partial charge on any atom is -0.386 e. The maximum Gasteiger partial charge on any atom is 0.129 e. The lowest BCUT2D eigenvalue weighted by Crippen LogP contribution is -2.45. The third-order valence-corrected chi connectivity index (χ3v) is 4.52. The highest BCUT2D eigenvalue weighted by molar-refractivity contribution is 5.85. The van der Waals surface area contributed by atoms with Crippen LogP contribution in [0.2, 0.25) is 0 Å². The van der Waals surface area contributed by atoms with E-state index in [1.807, 2.05) is 0 Å². The molecule has 2 bridgehead atoms. The summed E-state index contributed by atoms with van der Waals surface area (Å²) in [4.78, 5) is 0. The molecule has 2 aliphatic heterocycles. The summed E-state index contributed by atoms with van der Waals surface area (Å²) in [5.41, 5.74) is 0.259. The molecule has 2 heterocycles. The Morgan fingerprint density at radius 3 is 2.33 bits per heavy atom. The number of benzene rings is 1. The second kappa shape index (κ2) is 4.48. The van der Waals surface area contributed by atoms with Crippen LogP contribution in [0.1, 0.15) is 44.3 Å². The number of aliphatic hydroxyl groups excluding tert-OH is 1. The van der Waals surface area contributed by atoms with E-state index < -0.39 is 6.10 Å². The van der Waals surface area contributed by atoms with Crippen LogP contribution < -0.4 is 5.32 Å². The summed E-state index contributed by atoms with van der Waals surface area (Å²) in [5.74, 6) is -0.309. The molecule has 2 aliphatic rings. The zero-order chi connectivity index (χ0) is 12.1. The second-order valence-electron chi connectivity index (χ2n) is 5.77. The first-order valence-corrected chi connectivity index (χ1v) is 6.27. The number of aliphatic hydroxyl groups is 1. The van der Waals surface area contributed by atoms with Crippen LogP contribution in [0.15, 0.2) is 24.3 Å². The van der Waals surface area contributed by atoms with E-state index in [0.717, 1.165) is 25.7 Å². The molecular weight excluding hydrogens is 253 g/mol. The monoisotopic (exact) mass is 271 g/mol.